The molecule has 0 fully saturated rings. The molecule has 0 saturated carbocycles. The Morgan fingerprint density at radius 2 is 1.27 bits per heavy atom. The maximum atomic E-state index is 13.8. The molecule has 0 unspecified atom stereocenters. The zero-order chi connectivity index (χ0) is 18.0. The lowest BCUT2D eigenvalue weighted by molar-refractivity contribution is 0.372. The Balaban J connectivity index is 1.88. The van der Waals surface area contributed by atoms with Gasteiger partial charge in [-0.2, -0.15) is 4.34 Å². The fourth-order valence-corrected chi connectivity index (χ4v) is 4.65. The van der Waals surface area contributed by atoms with Crippen LogP contribution >= 0.6 is 20.0 Å². The number of fused-ring (bicyclic) bond motifs is 1. The van der Waals surface area contributed by atoms with E-state index in [9.17, 15) is 4.57 Å². The molecule has 0 aliphatic rings. The fourth-order valence-electron chi connectivity index (χ4n) is 2.52. The zero-order valence-corrected chi connectivity index (χ0v) is 15.2. The van der Waals surface area contributed by atoms with E-state index in [-0.39, 0.29) is 4.84 Å². The molecule has 4 aromatic rings. The van der Waals surface area contributed by atoms with E-state index in [1.807, 2.05) is 18.2 Å². The van der Waals surface area contributed by atoms with Crippen LogP contribution in [0.15, 0.2) is 89.3 Å². The van der Waals surface area contributed by atoms with Gasteiger partial charge in [-0.15, -0.1) is 0 Å². The van der Waals surface area contributed by atoms with Crippen LogP contribution in [0.25, 0.3) is 11.1 Å². The topological polar surface area (TPSA) is 53.6 Å². The molecule has 0 radical (unpaired) electrons. The summed E-state index contributed by atoms with van der Waals surface area (Å²) in [5, 5.41) is 0. The molecule has 26 heavy (non-hydrogen) atoms. The minimum Gasteiger partial charge on any atom is -0.429 e. The predicted octanol–water partition coefficient (Wildman–Crippen LogP) is 6.08. The van der Waals surface area contributed by atoms with Crippen LogP contribution in [0.4, 0.5) is 0 Å². The molecule has 5 nitrogen and oxygen atoms in total. The van der Waals surface area contributed by atoms with Gasteiger partial charge in [-0.1, -0.05) is 48.5 Å². The second-order valence-electron chi connectivity index (χ2n) is 5.42. The van der Waals surface area contributed by atoms with E-state index in [1.54, 1.807) is 66.7 Å². The highest BCUT2D eigenvalue weighted by Crippen LogP contribution is 2.52. The Morgan fingerprint density at radius 1 is 0.769 bits per heavy atom. The summed E-state index contributed by atoms with van der Waals surface area (Å²) in [5.41, 5.74) is 1.04. The van der Waals surface area contributed by atoms with Gasteiger partial charge in [0.15, 0.2) is 5.58 Å². The third kappa shape index (κ3) is 3.17. The van der Waals surface area contributed by atoms with Crippen LogP contribution in [0.2, 0.25) is 0 Å². The molecule has 1 heterocycles. The van der Waals surface area contributed by atoms with Gasteiger partial charge in [-0.25, -0.2) is 4.57 Å². The predicted molar refractivity (Wildman–Crippen MR) is 102 cm³/mol. The first-order valence-corrected chi connectivity index (χ1v) is 9.77. The minimum atomic E-state index is -3.93. The quantitative estimate of drug-likeness (QED) is 0.309. The third-order valence-corrected chi connectivity index (χ3v) is 5.81. The summed E-state index contributed by atoms with van der Waals surface area (Å²) in [4.78, 5) is 0.0152. The van der Waals surface area contributed by atoms with Crippen molar-refractivity contribution in [3.8, 4) is 11.5 Å². The first kappa shape index (κ1) is 16.6. The number of hydrogen-bond donors (Lipinski definition) is 0. The zero-order valence-electron chi connectivity index (χ0n) is 13.5. The van der Waals surface area contributed by atoms with Gasteiger partial charge in [0.2, 0.25) is 0 Å². The van der Waals surface area contributed by atoms with Crippen molar-refractivity contribution in [1.82, 2.24) is 4.34 Å². The van der Waals surface area contributed by atoms with E-state index < -0.39 is 7.75 Å². The van der Waals surface area contributed by atoms with Gasteiger partial charge >= 0.3 is 7.75 Å². The lowest BCUT2D eigenvalue weighted by Gasteiger charge is -2.20. The molecule has 3 aromatic carbocycles. The first-order chi connectivity index (χ1) is 12.7. The summed E-state index contributed by atoms with van der Waals surface area (Å²) < 4.78 is 32.3. The Morgan fingerprint density at radius 3 is 1.85 bits per heavy atom. The minimum absolute atomic E-state index is 0.0152. The van der Waals surface area contributed by atoms with Gasteiger partial charge in [-0.05, 0) is 48.6 Å². The average molecular weight is 383 g/mol. The smallest absolute Gasteiger partial charge is 0.429 e. The summed E-state index contributed by atoms with van der Waals surface area (Å²) in [6, 6.07) is 24.8. The summed E-state index contributed by atoms with van der Waals surface area (Å²) in [5.74, 6) is 0.804. The van der Waals surface area contributed by atoms with E-state index in [4.69, 9.17) is 25.7 Å². The van der Waals surface area contributed by atoms with E-state index in [0.29, 0.717) is 22.6 Å². The SMILES string of the molecule is O=P(Oc1ccccc1)(Oc1ccccc1)n1c(=S)oc2ccccc21. The van der Waals surface area contributed by atoms with E-state index in [2.05, 4.69) is 0 Å². The third-order valence-electron chi connectivity index (χ3n) is 3.64. The Labute approximate surface area is 155 Å². The number of para-hydroxylation sites is 4. The summed E-state index contributed by atoms with van der Waals surface area (Å²) >= 11 is 5.30. The molecule has 0 N–H and O–H groups in total. The molecule has 4 rings (SSSR count). The van der Waals surface area contributed by atoms with E-state index in [0.717, 1.165) is 0 Å². The molecule has 0 atom stereocenters. The van der Waals surface area contributed by atoms with Crippen LogP contribution in [0.5, 0.6) is 11.5 Å². The van der Waals surface area contributed by atoms with Crippen molar-refractivity contribution >= 4 is 31.1 Å². The largest absolute Gasteiger partial charge is 0.552 e. The van der Waals surface area contributed by atoms with Gasteiger partial charge < -0.3 is 13.5 Å². The normalized spacial score (nSPS) is 11.4. The van der Waals surface area contributed by atoms with Crippen molar-refractivity contribution in [1.29, 1.82) is 0 Å². The van der Waals surface area contributed by atoms with Crippen molar-refractivity contribution in [2.75, 3.05) is 0 Å². The molecule has 0 bridgehead atoms. The second-order valence-corrected chi connectivity index (χ2v) is 7.48. The molecular weight excluding hydrogens is 369 g/mol. The highest BCUT2D eigenvalue weighted by atomic mass is 32.1. The monoisotopic (exact) mass is 383 g/mol. The molecule has 0 aliphatic carbocycles. The van der Waals surface area contributed by atoms with Crippen LogP contribution < -0.4 is 9.05 Å². The van der Waals surface area contributed by atoms with Crippen LogP contribution in [-0.4, -0.2) is 4.34 Å². The van der Waals surface area contributed by atoms with Crippen molar-refractivity contribution in [3.05, 3.63) is 89.8 Å². The Hall–Kier alpha value is -2.82. The number of rotatable bonds is 5. The van der Waals surface area contributed by atoms with E-state index in [1.165, 1.54) is 4.34 Å². The molecule has 130 valence electrons. The fraction of sp³-hybridized carbons (Fsp3) is 0. The molecular formula is C19H14NO4PS. The Kier molecular flexibility index (Phi) is 4.37. The number of oxazole rings is 1. The standard InChI is InChI=1S/C19H14NO4PS/c21-25(23-15-9-3-1-4-10-15,24-16-11-5-2-6-12-16)20-17-13-7-8-14-18(17)22-19(20)26/h1-14H. The van der Waals surface area contributed by atoms with Crippen LogP contribution in [0, 0.1) is 4.84 Å². The molecule has 0 amide bonds. The lowest BCUT2D eigenvalue weighted by Crippen LogP contribution is -2.09. The van der Waals surface area contributed by atoms with Crippen molar-refractivity contribution < 1.29 is 18.0 Å². The van der Waals surface area contributed by atoms with Gasteiger partial charge in [0.1, 0.15) is 17.0 Å². The summed E-state index contributed by atoms with van der Waals surface area (Å²) in [6.07, 6.45) is 0. The highest BCUT2D eigenvalue weighted by molar-refractivity contribution is 7.71. The van der Waals surface area contributed by atoms with Crippen molar-refractivity contribution in [2.24, 2.45) is 0 Å². The molecule has 0 spiro atoms. The maximum Gasteiger partial charge on any atom is 0.552 e. The molecule has 0 saturated heterocycles. The number of aromatic nitrogens is 1. The lowest BCUT2D eigenvalue weighted by atomic mass is 10.3. The molecule has 7 heteroatoms. The first-order valence-electron chi connectivity index (χ1n) is 7.86. The van der Waals surface area contributed by atoms with Gasteiger partial charge in [0.25, 0.3) is 4.84 Å². The van der Waals surface area contributed by atoms with Gasteiger partial charge in [-0.3, -0.25) is 0 Å². The summed E-state index contributed by atoms with van der Waals surface area (Å²) in [7, 11) is -3.93. The van der Waals surface area contributed by atoms with Gasteiger partial charge in [0.05, 0.1) is 0 Å². The van der Waals surface area contributed by atoms with Crippen molar-refractivity contribution in [2.45, 2.75) is 0 Å². The van der Waals surface area contributed by atoms with Crippen LogP contribution in [-0.2, 0) is 4.57 Å². The molecule has 0 aliphatic heterocycles. The number of hydrogen-bond acceptors (Lipinski definition) is 5. The Bertz CT molecular complexity index is 1090. The van der Waals surface area contributed by atoms with Crippen LogP contribution in [0.1, 0.15) is 0 Å². The van der Waals surface area contributed by atoms with Crippen molar-refractivity contribution in [3.63, 3.8) is 0 Å². The molecule has 1 aromatic heterocycles. The van der Waals surface area contributed by atoms with E-state index >= 15 is 0 Å². The second kappa shape index (κ2) is 6.83. The average Bonchev–Trinajstić information content (AvgIpc) is 2.99. The number of benzene rings is 3. The maximum absolute atomic E-state index is 13.8. The summed E-state index contributed by atoms with van der Waals surface area (Å²) in [6.45, 7) is 0. The highest BCUT2D eigenvalue weighted by Gasteiger charge is 2.35. The number of nitrogens with zero attached hydrogens (tertiary/aromatic N) is 1. The van der Waals surface area contributed by atoms with Gasteiger partial charge in [0, 0.05) is 0 Å². The van der Waals surface area contributed by atoms with Crippen LogP contribution in [0.3, 0.4) is 0 Å².